The van der Waals surface area contributed by atoms with Gasteiger partial charge in [-0.05, 0) is 48.6 Å². The van der Waals surface area contributed by atoms with Crippen molar-refractivity contribution in [2.24, 2.45) is 11.8 Å². The first-order chi connectivity index (χ1) is 15.7. The minimum absolute atomic E-state index is 0.00830. The lowest BCUT2D eigenvalue weighted by Crippen LogP contribution is -2.39. The fourth-order valence-electron chi connectivity index (χ4n) is 4.25. The summed E-state index contributed by atoms with van der Waals surface area (Å²) in [5.41, 5.74) is 0.534. The molecule has 1 aliphatic rings. The van der Waals surface area contributed by atoms with Crippen LogP contribution in [0.5, 0.6) is 11.5 Å². The second kappa shape index (κ2) is 10.3. The number of methoxy groups -OCH3 is 2. The number of hydrogen-bond donors (Lipinski definition) is 0. The molecule has 3 rings (SSSR count). The Morgan fingerprint density at radius 1 is 1.06 bits per heavy atom. The molecule has 9 heteroatoms. The van der Waals surface area contributed by atoms with Crippen LogP contribution in [-0.4, -0.2) is 50.6 Å². The Morgan fingerprint density at radius 3 is 2.36 bits per heavy atom. The number of Topliss-reactive ketones (excluding diaryl/α,β-unsaturated/α-hetero) is 1. The summed E-state index contributed by atoms with van der Waals surface area (Å²) in [7, 11) is 2.90. The van der Waals surface area contributed by atoms with Crippen LogP contribution >= 0.6 is 0 Å². The van der Waals surface area contributed by atoms with E-state index in [1.165, 1.54) is 32.4 Å². The molecular formula is C24H28N2O7. The second-order valence-electron chi connectivity index (χ2n) is 8.38. The van der Waals surface area contributed by atoms with E-state index >= 15 is 0 Å². The molecule has 33 heavy (non-hydrogen) atoms. The normalized spacial score (nSPS) is 17.9. The van der Waals surface area contributed by atoms with E-state index in [4.69, 9.17) is 14.2 Å². The molecular weight excluding hydrogens is 428 g/mol. The molecule has 0 amide bonds. The zero-order chi connectivity index (χ0) is 24.1. The van der Waals surface area contributed by atoms with Crippen molar-refractivity contribution >= 4 is 23.1 Å². The smallest absolute Gasteiger partial charge is 0.338 e. The average molecular weight is 456 g/mol. The van der Waals surface area contributed by atoms with Crippen LogP contribution in [0.4, 0.5) is 11.4 Å². The van der Waals surface area contributed by atoms with E-state index in [2.05, 4.69) is 13.8 Å². The number of ether oxygens (including phenoxy) is 3. The van der Waals surface area contributed by atoms with Crippen LogP contribution < -0.4 is 14.4 Å². The van der Waals surface area contributed by atoms with E-state index in [-0.39, 0.29) is 16.8 Å². The van der Waals surface area contributed by atoms with Gasteiger partial charge in [0.05, 0.1) is 30.3 Å². The molecule has 2 atom stereocenters. The molecule has 176 valence electrons. The number of rotatable bonds is 8. The van der Waals surface area contributed by atoms with Crippen molar-refractivity contribution in [3.8, 4) is 11.5 Å². The first kappa shape index (κ1) is 24.0. The van der Waals surface area contributed by atoms with Gasteiger partial charge in [0.2, 0.25) is 5.78 Å². The van der Waals surface area contributed by atoms with E-state index in [0.717, 1.165) is 6.42 Å². The largest absolute Gasteiger partial charge is 0.497 e. The van der Waals surface area contributed by atoms with Crippen LogP contribution in [-0.2, 0) is 4.74 Å². The van der Waals surface area contributed by atoms with Crippen LogP contribution in [0.15, 0.2) is 36.4 Å². The molecule has 0 radical (unpaired) electrons. The Morgan fingerprint density at radius 2 is 1.76 bits per heavy atom. The highest BCUT2D eigenvalue weighted by molar-refractivity contribution is 6.02. The van der Waals surface area contributed by atoms with Crippen molar-refractivity contribution in [3.05, 3.63) is 57.6 Å². The lowest BCUT2D eigenvalue weighted by Gasteiger charge is -2.36. The molecule has 9 nitrogen and oxygen atoms in total. The Kier molecular flexibility index (Phi) is 7.52. The standard InChI is InChI=1S/C24H28N2O7/c1-15-9-16(2)13-25(12-15)20-7-5-17(10-21(20)26(29)30)24(28)33-14-22(27)19-11-18(31-3)6-8-23(19)32-4/h5-8,10-11,15-16H,9,12-14H2,1-4H3/t15-,16-/m0/s1. The zero-order valence-corrected chi connectivity index (χ0v) is 19.2. The third kappa shape index (κ3) is 5.60. The van der Waals surface area contributed by atoms with Gasteiger partial charge in [0.25, 0.3) is 5.69 Å². The Bertz CT molecular complexity index is 1040. The van der Waals surface area contributed by atoms with Gasteiger partial charge in [0.15, 0.2) is 6.61 Å². The van der Waals surface area contributed by atoms with E-state index in [1.54, 1.807) is 18.2 Å². The minimum atomic E-state index is -0.819. The molecule has 1 aliphatic heterocycles. The minimum Gasteiger partial charge on any atom is -0.497 e. The summed E-state index contributed by atoms with van der Waals surface area (Å²) >= 11 is 0. The van der Waals surface area contributed by atoms with Crippen molar-refractivity contribution in [3.63, 3.8) is 0 Å². The monoisotopic (exact) mass is 456 g/mol. The van der Waals surface area contributed by atoms with Gasteiger partial charge >= 0.3 is 5.97 Å². The van der Waals surface area contributed by atoms with Crippen molar-refractivity contribution < 1.29 is 28.7 Å². The van der Waals surface area contributed by atoms with Crippen molar-refractivity contribution in [1.82, 2.24) is 0 Å². The first-order valence-electron chi connectivity index (χ1n) is 10.7. The fraction of sp³-hybridized carbons (Fsp3) is 0.417. The maximum Gasteiger partial charge on any atom is 0.338 e. The van der Waals surface area contributed by atoms with Crippen LogP contribution in [0.1, 0.15) is 41.0 Å². The number of piperidine rings is 1. The number of hydrogen-bond acceptors (Lipinski definition) is 8. The van der Waals surface area contributed by atoms with Crippen molar-refractivity contribution in [2.75, 3.05) is 38.8 Å². The highest BCUT2D eigenvalue weighted by atomic mass is 16.6. The topological polar surface area (TPSA) is 108 Å². The zero-order valence-electron chi connectivity index (χ0n) is 19.2. The third-order valence-electron chi connectivity index (χ3n) is 5.66. The van der Waals surface area contributed by atoms with Gasteiger partial charge in [0, 0.05) is 19.2 Å². The maximum absolute atomic E-state index is 12.6. The number of ketones is 1. The van der Waals surface area contributed by atoms with Crippen LogP contribution in [0.2, 0.25) is 0 Å². The summed E-state index contributed by atoms with van der Waals surface area (Å²) in [4.78, 5) is 38.4. The molecule has 0 N–H and O–H groups in total. The summed E-state index contributed by atoms with van der Waals surface area (Å²) in [6.45, 7) is 5.12. The molecule has 1 fully saturated rings. The first-order valence-corrected chi connectivity index (χ1v) is 10.7. The van der Waals surface area contributed by atoms with Gasteiger partial charge in [0.1, 0.15) is 17.2 Å². The number of benzene rings is 2. The van der Waals surface area contributed by atoms with Crippen molar-refractivity contribution in [1.29, 1.82) is 0 Å². The number of anilines is 1. The van der Waals surface area contributed by atoms with Gasteiger partial charge in [-0.1, -0.05) is 13.8 Å². The number of carbonyl (C=O) groups is 2. The molecule has 0 aromatic heterocycles. The second-order valence-corrected chi connectivity index (χ2v) is 8.38. The molecule has 0 spiro atoms. The van der Waals surface area contributed by atoms with Gasteiger partial charge in [-0.2, -0.15) is 0 Å². The number of nitro benzene ring substituents is 1. The molecule has 0 bridgehead atoms. The quantitative estimate of drug-likeness (QED) is 0.252. The van der Waals surface area contributed by atoms with Crippen molar-refractivity contribution in [2.45, 2.75) is 20.3 Å². The highest BCUT2D eigenvalue weighted by Gasteiger charge is 2.28. The summed E-state index contributed by atoms with van der Waals surface area (Å²) < 4.78 is 15.5. The van der Waals surface area contributed by atoms with Gasteiger partial charge in [-0.15, -0.1) is 0 Å². The van der Waals surface area contributed by atoms with E-state index in [9.17, 15) is 19.7 Å². The van der Waals surface area contributed by atoms with E-state index in [0.29, 0.717) is 42.1 Å². The van der Waals surface area contributed by atoms with Crippen LogP contribution in [0, 0.1) is 22.0 Å². The lowest BCUT2D eigenvalue weighted by atomic mass is 9.91. The van der Waals surface area contributed by atoms with Crippen LogP contribution in [0.25, 0.3) is 0 Å². The number of nitrogens with zero attached hydrogens (tertiary/aromatic N) is 2. The number of esters is 1. The molecule has 1 heterocycles. The van der Waals surface area contributed by atoms with Crippen LogP contribution in [0.3, 0.4) is 0 Å². The average Bonchev–Trinajstić information content (AvgIpc) is 2.80. The van der Waals surface area contributed by atoms with E-state index in [1.807, 2.05) is 4.90 Å². The highest BCUT2D eigenvalue weighted by Crippen LogP contribution is 2.34. The Labute approximate surface area is 192 Å². The van der Waals surface area contributed by atoms with E-state index < -0.39 is 23.3 Å². The molecule has 1 saturated heterocycles. The molecule has 0 aliphatic carbocycles. The number of carbonyl (C=O) groups excluding carboxylic acids is 2. The number of nitro groups is 1. The molecule has 2 aromatic carbocycles. The maximum atomic E-state index is 12.6. The third-order valence-corrected chi connectivity index (χ3v) is 5.66. The summed E-state index contributed by atoms with van der Waals surface area (Å²) in [6, 6.07) is 9.00. The predicted molar refractivity (Wildman–Crippen MR) is 122 cm³/mol. The molecule has 2 aromatic rings. The SMILES string of the molecule is COc1ccc(OC)c(C(=O)COC(=O)c2ccc(N3C[C@@H](C)C[C@H](C)C3)c([N+](=O)[O-])c2)c1. The summed E-state index contributed by atoms with van der Waals surface area (Å²) in [5, 5.41) is 11.7. The van der Waals surface area contributed by atoms with Gasteiger partial charge < -0.3 is 19.1 Å². The summed E-state index contributed by atoms with van der Waals surface area (Å²) in [5.74, 6) is 0.303. The molecule has 0 saturated carbocycles. The van der Waals surface area contributed by atoms with Gasteiger partial charge in [-0.25, -0.2) is 4.79 Å². The predicted octanol–water partition coefficient (Wildman–Crippen LogP) is 4.13. The Balaban J connectivity index is 1.76. The lowest BCUT2D eigenvalue weighted by molar-refractivity contribution is -0.384. The summed E-state index contributed by atoms with van der Waals surface area (Å²) in [6.07, 6.45) is 1.07. The fourth-order valence-corrected chi connectivity index (χ4v) is 4.25. The van der Waals surface area contributed by atoms with Gasteiger partial charge in [-0.3, -0.25) is 14.9 Å². The Hall–Kier alpha value is -3.62. The molecule has 0 unspecified atom stereocenters.